The van der Waals surface area contributed by atoms with Gasteiger partial charge in [-0.2, -0.15) is 0 Å². The van der Waals surface area contributed by atoms with Crippen LogP contribution < -0.4 is 5.32 Å². The van der Waals surface area contributed by atoms with Gasteiger partial charge in [-0.05, 0) is 19.8 Å². The third kappa shape index (κ3) is 11.6. The molecule has 106 valence electrons. The molecule has 0 atom stereocenters. The second-order valence-corrected chi connectivity index (χ2v) is 4.86. The van der Waals surface area contributed by atoms with E-state index in [0.29, 0.717) is 5.57 Å². The molecule has 0 fully saturated rings. The first kappa shape index (κ1) is 17.2. The Labute approximate surface area is 112 Å². The van der Waals surface area contributed by atoms with E-state index in [1.54, 1.807) is 14.0 Å². The van der Waals surface area contributed by atoms with Crippen LogP contribution in [0, 0.1) is 0 Å². The lowest BCUT2D eigenvalue weighted by atomic mass is 10.1. The van der Waals surface area contributed by atoms with Crippen LogP contribution in [0.5, 0.6) is 0 Å². The molecule has 0 aromatic carbocycles. The van der Waals surface area contributed by atoms with E-state index in [-0.39, 0.29) is 5.91 Å². The minimum absolute atomic E-state index is 0.0202. The number of methoxy groups -OCH3 is 1. The predicted molar refractivity (Wildman–Crippen MR) is 76.6 cm³/mol. The molecule has 0 radical (unpaired) electrons. The van der Waals surface area contributed by atoms with Crippen molar-refractivity contribution in [2.24, 2.45) is 0 Å². The van der Waals surface area contributed by atoms with E-state index in [2.05, 4.69) is 11.9 Å². The fourth-order valence-electron chi connectivity index (χ4n) is 1.78. The van der Waals surface area contributed by atoms with Gasteiger partial charge in [0.1, 0.15) is 0 Å². The number of amides is 1. The summed E-state index contributed by atoms with van der Waals surface area (Å²) in [5.41, 5.74) is 0.589. The fraction of sp³-hybridized carbons (Fsp3) is 0.800. The molecule has 0 bridgehead atoms. The third-order valence-corrected chi connectivity index (χ3v) is 2.95. The Morgan fingerprint density at radius 2 is 1.50 bits per heavy atom. The average molecular weight is 255 g/mol. The van der Waals surface area contributed by atoms with Crippen molar-refractivity contribution in [3.63, 3.8) is 0 Å². The van der Waals surface area contributed by atoms with Crippen LogP contribution in [-0.4, -0.2) is 26.2 Å². The summed E-state index contributed by atoms with van der Waals surface area (Å²) in [6, 6.07) is 0. The first-order valence-electron chi connectivity index (χ1n) is 7.11. The van der Waals surface area contributed by atoms with Gasteiger partial charge in [0.05, 0.1) is 0 Å². The van der Waals surface area contributed by atoms with E-state index in [9.17, 15) is 4.79 Å². The smallest absolute Gasteiger partial charge is 0.246 e. The van der Waals surface area contributed by atoms with Crippen molar-refractivity contribution >= 4 is 5.91 Å². The quantitative estimate of drug-likeness (QED) is 0.428. The average Bonchev–Trinajstić information content (AvgIpc) is 2.35. The summed E-state index contributed by atoms with van der Waals surface area (Å²) in [5.74, 6) is -0.0202. The molecule has 0 aromatic rings. The molecule has 0 spiro atoms. The minimum Gasteiger partial charge on any atom is -0.385 e. The van der Waals surface area contributed by atoms with Gasteiger partial charge in [0, 0.05) is 25.8 Å². The second-order valence-electron chi connectivity index (χ2n) is 4.86. The standard InChI is InChI=1S/C15H29NO2/c1-14(2)15(17)16-12-10-8-6-4-5-7-9-11-13-18-3/h1,4-13H2,2-3H3,(H,16,17). The van der Waals surface area contributed by atoms with Gasteiger partial charge in [0.15, 0.2) is 0 Å². The first-order valence-corrected chi connectivity index (χ1v) is 7.11. The normalized spacial score (nSPS) is 10.3. The molecular formula is C15H29NO2. The van der Waals surface area contributed by atoms with Crippen molar-refractivity contribution in [3.05, 3.63) is 12.2 Å². The highest BCUT2D eigenvalue weighted by Gasteiger charge is 1.99. The number of nitrogens with one attached hydrogen (secondary N) is 1. The number of hydrogen-bond donors (Lipinski definition) is 1. The van der Waals surface area contributed by atoms with Crippen molar-refractivity contribution < 1.29 is 9.53 Å². The number of ether oxygens (including phenoxy) is 1. The molecule has 0 unspecified atom stereocenters. The van der Waals surface area contributed by atoms with E-state index in [1.807, 2.05) is 0 Å². The molecule has 0 rings (SSSR count). The Morgan fingerprint density at radius 3 is 2.00 bits per heavy atom. The zero-order chi connectivity index (χ0) is 13.6. The van der Waals surface area contributed by atoms with Gasteiger partial charge in [-0.25, -0.2) is 0 Å². The van der Waals surface area contributed by atoms with Crippen LogP contribution in [0.25, 0.3) is 0 Å². The van der Waals surface area contributed by atoms with Gasteiger partial charge < -0.3 is 10.1 Å². The minimum atomic E-state index is -0.0202. The summed E-state index contributed by atoms with van der Waals surface area (Å²) in [5, 5.41) is 2.85. The molecule has 3 nitrogen and oxygen atoms in total. The van der Waals surface area contributed by atoms with Gasteiger partial charge in [0.2, 0.25) is 5.91 Å². The zero-order valence-electron chi connectivity index (χ0n) is 12.1. The van der Waals surface area contributed by atoms with E-state index < -0.39 is 0 Å². The molecular weight excluding hydrogens is 226 g/mol. The molecule has 0 aliphatic rings. The summed E-state index contributed by atoms with van der Waals surface area (Å²) in [7, 11) is 1.76. The maximum atomic E-state index is 11.2. The Morgan fingerprint density at radius 1 is 1.00 bits per heavy atom. The molecule has 0 heterocycles. The van der Waals surface area contributed by atoms with E-state index >= 15 is 0 Å². The molecule has 1 N–H and O–H groups in total. The highest BCUT2D eigenvalue weighted by atomic mass is 16.5. The van der Waals surface area contributed by atoms with Crippen molar-refractivity contribution in [2.75, 3.05) is 20.3 Å². The monoisotopic (exact) mass is 255 g/mol. The van der Waals surface area contributed by atoms with Crippen LogP contribution >= 0.6 is 0 Å². The van der Waals surface area contributed by atoms with E-state index in [1.165, 1.54) is 44.9 Å². The molecule has 0 aliphatic heterocycles. The van der Waals surface area contributed by atoms with Gasteiger partial charge in [0.25, 0.3) is 0 Å². The Kier molecular flexibility index (Phi) is 12.0. The van der Waals surface area contributed by atoms with E-state index in [4.69, 9.17) is 4.74 Å². The van der Waals surface area contributed by atoms with Crippen molar-refractivity contribution in [3.8, 4) is 0 Å². The second kappa shape index (κ2) is 12.6. The van der Waals surface area contributed by atoms with Crippen molar-refractivity contribution in [2.45, 2.75) is 58.3 Å². The molecule has 3 heteroatoms. The van der Waals surface area contributed by atoms with Gasteiger partial charge >= 0.3 is 0 Å². The fourth-order valence-corrected chi connectivity index (χ4v) is 1.78. The lowest BCUT2D eigenvalue weighted by molar-refractivity contribution is -0.117. The number of carbonyl (C=O) groups is 1. The van der Waals surface area contributed by atoms with Crippen LogP contribution in [-0.2, 0) is 9.53 Å². The number of hydrogen-bond acceptors (Lipinski definition) is 2. The molecule has 0 saturated heterocycles. The highest BCUT2D eigenvalue weighted by Crippen LogP contribution is 2.08. The number of rotatable bonds is 12. The Bertz CT molecular complexity index is 227. The zero-order valence-corrected chi connectivity index (χ0v) is 12.1. The highest BCUT2D eigenvalue weighted by molar-refractivity contribution is 5.91. The molecule has 0 saturated carbocycles. The third-order valence-electron chi connectivity index (χ3n) is 2.95. The Hall–Kier alpha value is -0.830. The van der Waals surface area contributed by atoms with Gasteiger partial charge in [-0.1, -0.05) is 45.1 Å². The van der Waals surface area contributed by atoms with Gasteiger partial charge in [-0.15, -0.1) is 0 Å². The molecule has 18 heavy (non-hydrogen) atoms. The van der Waals surface area contributed by atoms with Crippen LogP contribution in [0.2, 0.25) is 0 Å². The summed E-state index contributed by atoms with van der Waals surface area (Å²) in [4.78, 5) is 11.2. The summed E-state index contributed by atoms with van der Waals surface area (Å²) >= 11 is 0. The molecule has 0 aliphatic carbocycles. The lowest BCUT2D eigenvalue weighted by Crippen LogP contribution is -2.24. The van der Waals surface area contributed by atoms with Crippen molar-refractivity contribution in [1.82, 2.24) is 5.32 Å². The largest absolute Gasteiger partial charge is 0.385 e. The maximum absolute atomic E-state index is 11.2. The van der Waals surface area contributed by atoms with E-state index in [0.717, 1.165) is 19.6 Å². The lowest BCUT2D eigenvalue weighted by Gasteiger charge is -2.04. The van der Waals surface area contributed by atoms with Gasteiger partial charge in [-0.3, -0.25) is 4.79 Å². The molecule has 1 amide bonds. The Balaban J connectivity index is 3.07. The predicted octanol–water partition coefficient (Wildman–Crippen LogP) is 3.45. The SMILES string of the molecule is C=C(C)C(=O)NCCCCCCCCCCOC. The van der Waals surface area contributed by atoms with Crippen LogP contribution in [0.3, 0.4) is 0 Å². The summed E-state index contributed by atoms with van der Waals surface area (Å²) < 4.78 is 5.01. The topological polar surface area (TPSA) is 38.3 Å². The van der Waals surface area contributed by atoms with Crippen LogP contribution in [0.15, 0.2) is 12.2 Å². The number of carbonyl (C=O) groups excluding carboxylic acids is 1. The van der Waals surface area contributed by atoms with Crippen LogP contribution in [0.1, 0.15) is 58.3 Å². The maximum Gasteiger partial charge on any atom is 0.246 e. The van der Waals surface area contributed by atoms with Crippen LogP contribution in [0.4, 0.5) is 0 Å². The summed E-state index contributed by atoms with van der Waals surface area (Å²) in [6.07, 6.45) is 9.95. The van der Waals surface area contributed by atoms with Crippen molar-refractivity contribution in [1.29, 1.82) is 0 Å². The summed E-state index contributed by atoms with van der Waals surface area (Å²) in [6.45, 7) is 7.01. The first-order chi connectivity index (χ1) is 8.68. The number of unbranched alkanes of at least 4 members (excludes halogenated alkanes) is 7. The molecule has 0 aromatic heterocycles.